The molecule has 0 aliphatic carbocycles. The molecule has 17 heavy (non-hydrogen) atoms. The first-order valence-corrected chi connectivity index (χ1v) is 6.19. The number of aromatic nitrogens is 2. The summed E-state index contributed by atoms with van der Waals surface area (Å²) in [6, 6.07) is -0.712. The van der Waals surface area contributed by atoms with E-state index in [4.69, 9.17) is 10.2 Å². The van der Waals surface area contributed by atoms with Gasteiger partial charge in [0.05, 0.1) is 12.3 Å². The highest BCUT2D eigenvalue weighted by atomic mass is 32.2. The number of aliphatic hydroxyl groups excluding tert-OH is 1. The summed E-state index contributed by atoms with van der Waals surface area (Å²) in [4.78, 5) is 10.4. The van der Waals surface area contributed by atoms with E-state index in [0.717, 1.165) is 0 Å². The topological polar surface area (TPSA) is 132 Å². The number of nitrogens with zero attached hydrogens (tertiary/aromatic N) is 1. The maximum Gasteiger partial charge on any atom is 0.357 e. The summed E-state index contributed by atoms with van der Waals surface area (Å²) < 4.78 is 25.9. The SMILES string of the molecule is Cc1[nH]nc(C(=O)O)c1S(=O)(=O)N[C@@H](C)CO. The molecular weight excluding hydrogens is 250 g/mol. The van der Waals surface area contributed by atoms with Gasteiger partial charge in [-0.1, -0.05) is 0 Å². The van der Waals surface area contributed by atoms with E-state index in [1.807, 2.05) is 0 Å². The Morgan fingerprint density at radius 2 is 2.18 bits per heavy atom. The summed E-state index contributed by atoms with van der Waals surface area (Å²) in [5, 5.41) is 23.3. The third-order valence-electron chi connectivity index (χ3n) is 1.99. The Hall–Kier alpha value is -1.45. The fraction of sp³-hybridized carbons (Fsp3) is 0.500. The van der Waals surface area contributed by atoms with Crippen LogP contribution >= 0.6 is 0 Å². The van der Waals surface area contributed by atoms with Crippen molar-refractivity contribution in [3.63, 3.8) is 0 Å². The van der Waals surface area contributed by atoms with Crippen LogP contribution in [-0.4, -0.2) is 47.4 Å². The van der Waals surface area contributed by atoms with Gasteiger partial charge >= 0.3 is 5.97 Å². The number of hydrogen-bond donors (Lipinski definition) is 4. The lowest BCUT2D eigenvalue weighted by Crippen LogP contribution is -2.35. The highest BCUT2D eigenvalue weighted by molar-refractivity contribution is 7.89. The molecule has 0 aromatic carbocycles. The number of H-pyrrole nitrogens is 1. The molecule has 0 aliphatic heterocycles. The molecule has 0 fully saturated rings. The summed E-state index contributed by atoms with van der Waals surface area (Å²) in [6.07, 6.45) is 0. The molecule has 1 rings (SSSR count). The number of aromatic carboxylic acids is 1. The molecule has 1 aromatic heterocycles. The zero-order valence-electron chi connectivity index (χ0n) is 9.26. The lowest BCUT2D eigenvalue weighted by molar-refractivity contribution is 0.0686. The zero-order chi connectivity index (χ0) is 13.2. The van der Waals surface area contributed by atoms with Crippen molar-refractivity contribution >= 4 is 16.0 Å². The van der Waals surface area contributed by atoms with Crippen LogP contribution in [0.25, 0.3) is 0 Å². The molecule has 0 saturated heterocycles. The molecule has 0 unspecified atom stereocenters. The van der Waals surface area contributed by atoms with E-state index >= 15 is 0 Å². The van der Waals surface area contributed by atoms with Gasteiger partial charge in [-0.2, -0.15) is 5.10 Å². The molecule has 0 aliphatic rings. The fourth-order valence-electron chi connectivity index (χ4n) is 1.25. The quantitative estimate of drug-likeness (QED) is 0.543. The van der Waals surface area contributed by atoms with Crippen molar-refractivity contribution in [2.75, 3.05) is 6.61 Å². The van der Waals surface area contributed by atoms with Crippen LogP contribution in [0.15, 0.2) is 4.90 Å². The Bertz CT molecular complexity index is 521. The molecular formula is C8H13N3O5S. The lowest BCUT2D eigenvalue weighted by atomic mass is 10.4. The summed E-state index contributed by atoms with van der Waals surface area (Å²) in [5.41, 5.74) is -0.444. The van der Waals surface area contributed by atoms with Gasteiger partial charge in [0, 0.05) is 6.04 Å². The predicted molar refractivity (Wildman–Crippen MR) is 57.2 cm³/mol. The van der Waals surface area contributed by atoms with Crippen LogP contribution in [-0.2, 0) is 10.0 Å². The van der Waals surface area contributed by atoms with Crippen LogP contribution in [0.1, 0.15) is 23.1 Å². The van der Waals surface area contributed by atoms with Gasteiger partial charge in [0.15, 0.2) is 5.69 Å². The number of rotatable bonds is 5. The van der Waals surface area contributed by atoms with Crippen molar-refractivity contribution in [3.05, 3.63) is 11.4 Å². The van der Waals surface area contributed by atoms with E-state index in [1.54, 1.807) is 0 Å². The van der Waals surface area contributed by atoms with Crippen molar-refractivity contribution in [1.29, 1.82) is 0 Å². The smallest absolute Gasteiger partial charge is 0.357 e. The number of aliphatic hydroxyl groups is 1. The van der Waals surface area contributed by atoms with Crippen LogP contribution in [0.2, 0.25) is 0 Å². The normalized spacial score (nSPS) is 13.6. The van der Waals surface area contributed by atoms with E-state index in [9.17, 15) is 13.2 Å². The number of carboxylic acid groups (broad SMARTS) is 1. The van der Waals surface area contributed by atoms with Crippen molar-refractivity contribution in [2.45, 2.75) is 24.8 Å². The maximum atomic E-state index is 11.9. The lowest BCUT2D eigenvalue weighted by Gasteiger charge is -2.11. The first-order valence-electron chi connectivity index (χ1n) is 4.71. The highest BCUT2D eigenvalue weighted by Crippen LogP contribution is 2.17. The van der Waals surface area contributed by atoms with E-state index in [2.05, 4.69) is 14.9 Å². The van der Waals surface area contributed by atoms with Crippen molar-refractivity contribution in [1.82, 2.24) is 14.9 Å². The molecule has 1 aromatic rings. The Balaban J connectivity index is 3.23. The van der Waals surface area contributed by atoms with E-state index in [0.29, 0.717) is 0 Å². The molecule has 1 atom stereocenters. The predicted octanol–water partition coefficient (Wildman–Crippen LogP) is -0.925. The van der Waals surface area contributed by atoms with E-state index in [-0.39, 0.29) is 5.69 Å². The van der Waals surface area contributed by atoms with Gasteiger partial charge in [-0.3, -0.25) is 5.10 Å². The summed E-state index contributed by atoms with van der Waals surface area (Å²) in [5.74, 6) is -1.44. The molecule has 9 heteroatoms. The van der Waals surface area contributed by atoms with Crippen LogP contribution in [0.5, 0.6) is 0 Å². The molecule has 0 bridgehead atoms. The molecule has 0 radical (unpaired) electrons. The zero-order valence-corrected chi connectivity index (χ0v) is 10.1. The Morgan fingerprint density at radius 1 is 1.59 bits per heavy atom. The Kier molecular flexibility index (Phi) is 3.86. The number of carboxylic acids is 1. The van der Waals surface area contributed by atoms with Gasteiger partial charge in [-0.05, 0) is 13.8 Å². The van der Waals surface area contributed by atoms with Crippen molar-refractivity contribution in [2.24, 2.45) is 0 Å². The minimum absolute atomic E-state index is 0.125. The first kappa shape index (κ1) is 13.6. The van der Waals surface area contributed by atoms with Gasteiger partial charge in [0.1, 0.15) is 4.90 Å². The van der Waals surface area contributed by atoms with Crippen LogP contribution < -0.4 is 4.72 Å². The molecule has 0 spiro atoms. The molecule has 0 amide bonds. The second kappa shape index (κ2) is 4.82. The number of aryl methyl sites for hydroxylation is 1. The Labute approximate surface area is 97.7 Å². The third kappa shape index (κ3) is 2.81. The van der Waals surface area contributed by atoms with Crippen molar-refractivity contribution < 1.29 is 23.4 Å². The number of nitrogens with one attached hydrogen (secondary N) is 2. The first-order chi connectivity index (χ1) is 7.79. The summed E-state index contributed by atoms with van der Waals surface area (Å²) in [6.45, 7) is 2.46. The molecule has 4 N–H and O–H groups in total. The minimum atomic E-state index is -4.02. The van der Waals surface area contributed by atoms with E-state index < -0.39 is 39.2 Å². The largest absolute Gasteiger partial charge is 0.476 e. The van der Waals surface area contributed by atoms with Crippen LogP contribution in [0.3, 0.4) is 0 Å². The van der Waals surface area contributed by atoms with Gasteiger partial charge in [0.2, 0.25) is 10.0 Å². The molecule has 8 nitrogen and oxygen atoms in total. The van der Waals surface area contributed by atoms with Gasteiger partial charge in [0.25, 0.3) is 0 Å². The number of aromatic amines is 1. The molecule has 0 saturated carbocycles. The molecule has 1 heterocycles. The van der Waals surface area contributed by atoms with Crippen molar-refractivity contribution in [3.8, 4) is 0 Å². The standard InChI is InChI=1S/C8H13N3O5S/c1-4(3-12)11-17(15,16)7-5(2)9-10-6(7)8(13)14/h4,11-12H,3H2,1-2H3,(H,9,10)(H,13,14)/t4-/m0/s1. The van der Waals surface area contributed by atoms with E-state index in [1.165, 1.54) is 13.8 Å². The maximum absolute atomic E-state index is 11.9. The summed E-state index contributed by atoms with van der Waals surface area (Å²) in [7, 11) is -4.02. The number of carbonyl (C=O) groups is 1. The van der Waals surface area contributed by atoms with Gasteiger partial charge < -0.3 is 10.2 Å². The average Bonchev–Trinajstić information content (AvgIpc) is 2.60. The second-order valence-corrected chi connectivity index (χ2v) is 5.19. The second-order valence-electron chi connectivity index (χ2n) is 3.54. The third-order valence-corrected chi connectivity index (χ3v) is 3.74. The Morgan fingerprint density at radius 3 is 2.65 bits per heavy atom. The molecule has 96 valence electrons. The summed E-state index contributed by atoms with van der Waals surface area (Å²) >= 11 is 0. The highest BCUT2D eigenvalue weighted by Gasteiger charge is 2.29. The van der Waals surface area contributed by atoms with Gasteiger partial charge in [-0.25, -0.2) is 17.9 Å². The van der Waals surface area contributed by atoms with Crippen LogP contribution in [0, 0.1) is 6.92 Å². The average molecular weight is 263 g/mol. The number of sulfonamides is 1. The fourth-order valence-corrected chi connectivity index (χ4v) is 2.81. The van der Waals surface area contributed by atoms with Crippen LogP contribution in [0.4, 0.5) is 0 Å². The van der Waals surface area contributed by atoms with Gasteiger partial charge in [-0.15, -0.1) is 0 Å². The minimum Gasteiger partial charge on any atom is -0.476 e. The monoisotopic (exact) mass is 263 g/mol. The number of hydrogen-bond acceptors (Lipinski definition) is 5.